The average Bonchev–Trinajstić information content (AvgIpc) is 3.11. The van der Waals surface area contributed by atoms with Gasteiger partial charge in [-0.2, -0.15) is 0 Å². The van der Waals surface area contributed by atoms with Crippen molar-refractivity contribution in [1.82, 2.24) is 14.9 Å². The van der Waals surface area contributed by atoms with Gasteiger partial charge in [-0.25, -0.2) is 9.78 Å². The summed E-state index contributed by atoms with van der Waals surface area (Å²) >= 11 is 12.5. The molecule has 5 nitrogen and oxygen atoms in total. The topological polar surface area (TPSA) is 67.2 Å². The number of aromatic nitrogens is 2. The summed E-state index contributed by atoms with van der Waals surface area (Å²) in [6.45, 7) is 3.70. The molecular formula is C22H21Cl2N3O2. The maximum absolute atomic E-state index is 12.2. The average molecular weight is 430 g/mol. The van der Waals surface area contributed by atoms with Crippen molar-refractivity contribution in [2.75, 3.05) is 13.1 Å². The maximum Gasteiger partial charge on any atom is 0.356 e. The van der Waals surface area contributed by atoms with Crippen molar-refractivity contribution in [1.29, 1.82) is 0 Å². The number of aryl methyl sites for hydroxylation is 1. The fourth-order valence-electron chi connectivity index (χ4n) is 3.90. The van der Waals surface area contributed by atoms with Gasteiger partial charge in [0.1, 0.15) is 5.82 Å². The van der Waals surface area contributed by atoms with Crippen LogP contribution < -0.4 is 5.32 Å². The molecule has 1 atom stereocenters. The number of nitrogens with zero attached hydrogens (tertiary/aromatic N) is 2. The summed E-state index contributed by atoms with van der Waals surface area (Å²) in [4.78, 5) is 16.8. The number of carbonyl (C=O) groups is 1. The second-order valence-electron chi connectivity index (χ2n) is 7.29. The zero-order valence-corrected chi connectivity index (χ0v) is 17.5. The van der Waals surface area contributed by atoms with E-state index in [1.54, 1.807) is 12.1 Å². The fourth-order valence-corrected chi connectivity index (χ4v) is 4.26. The normalized spacial score (nSPS) is 16.7. The molecular weight excluding hydrogens is 409 g/mol. The van der Waals surface area contributed by atoms with E-state index in [2.05, 4.69) is 10.3 Å². The molecule has 1 fully saturated rings. The number of piperidine rings is 1. The van der Waals surface area contributed by atoms with E-state index in [9.17, 15) is 9.90 Å². The van der Waals surface area contributed by atoms with Crippen molar-refractivity contribution in [2.45, 2.75) is 25.7 Å². The number of halogens is 2. The number of carboxylic acids is 1. The Balaban J connectivity index is 2.05. The molecule has 1 unspecified atom stereocenters. The summed E-state index contributed by atoms with van der Waals surface area (Å²) in [6, 6.07) is 12.8. The smallest absolute Gasteiger partial charge is 0.356 e. The van der Waals surface area contributed by atoms with Crippen LogP contribution in [-0.4, -0.2) is 33.7 Å². The van der Waals surface area contributed by atoms with Crippen molar-refractivity contribution < 1.29 is 9.90 Å². The Bertz CT molecular complexity index is 1070. The van der Waals surface area contributed by atoms with Crippen LogP contribution in [0.3, 0.4) is 0 Å². The predicted molar refractivity (Wildman–Crippen MR) is 116 cm³/mol. The van der Waals surface area contributed by atoms with E-state index in [0.717, 1.165) is 43.0 Å². The Morgan fingerprint density at radius 1 is 1.21 bits per heavy atom. The number of carboxylic acid groups (broad SMARTS) is 1. The second kappa shape index (κ2) is 8.19. The first-order valence-corrected chi connectivity index (χ1v) is 10.3. The van der Waals surface area contributed by atoms with Gasteiger partial charge in [-0.15, -0.1) is 0 Å². The number of hydrogen-bond acceptors (Lipinski definition) is 3. The third kappa shape index (κ3) is 3.90. The van der Waals surface area contributed by atoms with Crippen LogP contribution in [0.4, 0.5) is 0 Å². The molecule has 2 aromatic carbocycles. The van der Waals surface area contributed by atoms with Crippen molar-refractivity contribution in [3.05, 3.63) is 69.6 Å². The first-order valence-electron chi connectivity index (χ1n) is 9.55. The number of aromatic carboxylic acids is 1. The maximum atomic E-state index is 12.2. The van der Waals surface area contributed by atoms with Gasteiger partial charge in [0.05, 0.1) is 11.4 Å². The largest absolute Gasteiger partial charge is 0.476 e. The van der Waals surface area contributed by atoms with Gasteiger partial charge in [0.2, 0.25) is 0 Å². The lowest BCUT2D eigenvalue weighted by molar-refractivity contribution is 0.0691. The first kappa shape index (κ1) is 20.0. The standard InChI is InChI=1S/C22H21Cl2N3O2/c1-13-7-8-17(24)11-18(13)27-20(14-4-2-6-16(23)10-14)19(22(28)29)26-21(27)15-5-3-9-25-12-15/h2,4,6-8,10-11,15,25H,3,5,9,12H2,1H3,(H,28,29). The molecule has 0 bridgehead atoms. The second-order valence-corrected chi connectivity index (χ2v) is 8.17. The highest BCUT2D eigenvalue weighted by Crippen LogP contribution is 2.36. The highest BCUT2D eigenvalue weighted by atomic mass is 35.5. The van der Waals surface area contributed by atoms with Crippen LogP contribution in [0.2, 0.25) is 10.0 Å². The Kier molecular flexibility index (Phi) is 5.63. The lowest BCUT2D eigenvalue weighted by Gasteiger charge is -2.24. The van der Waals surface area contributed by atoms with Crippen LogP contribution >= 0.6 is 23.2 Å². The summed E-state index contributed by atoms with van der Waals surface area (Å²) in [5.41, 5.74) is 3.06. The van der Waals surface area contributed by atoms with Crippen molar-refractivity contribution in [2.24, 2.45) is 0 Å². The third-order valence-corrected chi connectivity index (χ3v) is 5.75. The van der Waals surface area contributed by atoms with Gasteiger partial charge >= 0.3 is 5.97 Å². The van der Waals surface area contributed by atoms with Crippen LogP contribution in [0.15, 0.2) is 42.5 Å². The molecule has 29 heavy (non-hydrogen) atoms. The summed E-state index contributed by atoms with van der Waals surface area (Å²) in [5, 5.41) is 14.5. The molecule has 4 rings (SSSR count). The first-order chi connectivity index (χ1) is 14.0. The van der Waals surface area contributed by atoms with Crippen molar-refractivity contribution >= 4 is 29.2 Å². The van der Waals surface area contributed by atoms with E-state index in [0.29, 0.717) is 21.3 Å². The monoisotopic (exact) mass is 429 g/mol. The van der Waals surface area contributed by atoms with Gasteiger partial charge in [0.25, 0.3) is 0 Å². The minimum Gasteiger partial charge on any atom is -0.476 e. The van der Waals surface area contributed by atoms with Gasteiger partial charge in [-0.1, -0.05) is 41.4 Å². The molecule has 0 amide bonds. The van der Waals surface area contributed by atoms with Crippen molar-refractivity contribution in [3.63, 3.8) is 0 Å². The quantitative estimate of drug-likeness (QED) is 0.588. The van der Waals surface area contributed by atoms with E-state index < -0.39 is 5.97 Å². The van der Waals surface area contributed by atoms with Crippen LogP contribution in [0, 0.1) is 6.92 Å². The van der Waals surface area contributed by atoms with Gasteiger partial charge in [-0.05, 0) is 56.1 Å². The highest BCUT2D eigenvalue weighted by Gasteiger charge is 2.30. The molecule has 0 spiro atoms. The summed E-state index contributed by atoms with van der Waals surface area (Å²) in [6.07, 6.45) is 1.96. The van der Waals surface area contributed by atoms with Gasteiger partial charge < -0.3 is 10.4 Å². The molecule has 0 saturated carbocycles. The summed E-state index contributed by atoms with van der Waals surface area (Å²) in [5.74, 6) is -0.230. The minimum absolute atomic E-state index is 0.0206. The number of imidazole rings is 1. The van der Waals surface area contributed by atoms with Crippen LogP contribution in [0.1, 0.15) is 40.6 Å². The molecule has 2 heterocycles. The van der Waals surface area contributed by atoms with E-state index in [-0.39, 0.29) is 11.6 Å². The zero-order valence-electron chi connectivity index (χ0n) is 16.0. The van der Waals surface area contributed by atoms with Crippen LogP contribution in [0.5, 0.6) is 0 Å². The Hall–Kier alpha value is -2.34. The molecule has 1 aromatic heterocycles. The van der Waals surface area contributed by atoms with E-state index in [1.807, 2.05) is 41.8 Å². The van der Waals surface area contributed by atoms with Crippen molar-refractivity contribution in [3.8, 4) is 16.9 Å². The molecule has 3 aromatic rings. The molecule has 7 heteroatoms. The van der Waals surface area contributed by atoms with E-state index in [4.69, 9.17) is 23.2 Å². The molecule has 0 aliphatic carbocycles. The number of hydrogen-bond donors (Lipinski definition) is 2. The molecule has 2 N–H and O–H groups in total. The third-order valence-electron chi connectivity index (χ3n) is 5.28. The van der Waals surface area contributed by atoms with E-state index >= 15 is 0 Å². The number of rotatable bonds is 4. The molecule has 1 saturated heterocycles. The minimum atomic E-state index is -1.07. The number of benzene rings is 2. The Morgan fingerprint density at radius 2 is 2.00 bits per heavy atom. The Labute approximate surface area is 179 Å². The van der Waals surface area contributed by atoms with Gasteiger partial charge in [0.15, 0.2) is 5.69 Å². The van der Waals surface area contributed by atoms with Gasteiger partial charge in [0, 0.05) is 28.1 Å². The molecule has 1 aliphatic heterocycles. The SMILES string of the molecule is Cc1ccc(Cl)cc1-n1c(C2CCCNC2)nc(C(=O)O)c1-c1cccc(Cl)c1. The molecule has 150 valence electrons. The predicted octanol–water partition coefficient (Wildman–Crippen LogP) is 5.32. The highest BCUT2D eigenvalue weighted by molar-refractivity contribution is 6.31. The zero-order chi connectivity index (χ0) is 20.5. The fraction of sp³-hybridized carbons (Fsp3) is 0.273. The lowest BCUT2D eigenvalue weighted by atomic mass is 9.98. The Morgan fingerprint density at radius 3 is 2.69 bits per heavy atom. The van der Waals surface area contributed by atoms with Gasteiger partial charge in [-0.3, -0.25) is 4.57 Å². The van der Waals surface area contributed by atoms with E-state index in [1.165, 1.54) is 0 Å². The van der Waals surface area contributed by atoms with Crippen LogP contribution in [0.25, 0.3) is 16.9 Å². The number of nitrogens with one attached hydrogen (secondary N) is 1. The lowest BCUT2D eigenvalue weighted by Crippen LogP contribution is -2.30. The molecule has 1 aliphatic rings. The summed E-state index contributed by atoms with van der Waals surface area (Å²) in [7, 11) is 0. The molecule has 0 radical (unpaired) electrons. The van der Waals surface area contributed by atoms with Crippen LogP contribution in [-0.2, 0) is 0 Å². The summed E-state index contributed by atoms with van der Waals surface area (Å²) < 4.78 is 1.95.